The van der Waals surface area contributed by atoms with E-state index in [4.69, 9.17) is 4.74 Å². The highest BCUT2D eigenvalue weighted by atomic mass is 19.4. The first-order valence-corrected chi connectivity index (χ1v) is 9.55. The summed E-state index contributed by atoms with van der Waals surface area (Å²) >= 11 is 0. The molecular formula is C21H24BF3NO2-. The van der Waals surface area contributed by atoms with Gasteiger partial charge >= 0.3 is 13.1 Å². The van der Waals surface area contributed by atoms with Crippen molar-refractivity contribution < 1.29 is 22.5 Å². The average Bonchev–Trinajstić information content (AvgIpc) is 2.67. The molecule has 1 aliphatic rings. The standard InChI is InChI=1S/C21H24BF3NO2/c1-16-7-9-18(10-8-16)20-14-26(12-11-19(20)13-22(23,24)25)21(27)28-15-17-5-3-2-4-6-17/h2-10,19-20H,11-15H2,1H3/q-1/t19-,20-/m0/s1. The smallest absolute Gasteiger partial charge is 0.449 e. The van der Waals surface area contributed by atoms with E-state index in [2.05, 4.69) is 0 Å². The number of hydrogen-bond donors (Lipinski definition) is 0. The van der Waals surface area contributed by atoms with Gasteiger partial charge in [0.1, 0.15) is 6.61 Å². The summed E-state index contributed by atoms with van der Waals surface area (Å²) < 4.78 is 44.7. The molecule has 150 valence electrons. The van der Waals surface area contributed by atoms with Crippen molar-refractivity contribution in [2.45, 2.75) is 32.2 Å². The number of nitrogens with zero attached hydrogens (tertiary/aromatic N) is 1. The molecule has 0 N–H and O–H groups in total. The third-order valence-electron chi connectivity index (χ3n) is 5.29. The summed E-state index contributed by atoms with van der Waals surface area (Å²) in [6.07, 6.45) is -0.928. The number of aryl methyl sites for hydroxylation is 1. The largest absolute Gasteiger partial charge is 0.478 e. The minimum atomic E-state index is -4.87. The molecule has 2 aromatic carbocycles. The molecule has 0 bridgehead atoms. The second-order valence-electron chi connectivity index (χ2n) is 7.50. The molecule has 1 heterocycles. The first-order chi connectivity index (χ1) is 13.3. The number of ether oxygens (including phenoxy) is 1. The van der Waals surface area contributed by atoms with Crippen LogP contribution >= 0.6 is 0 Å². The lowest BCUT2D eigenvalue weighted by molar-refractivity contribution is 0.0774. The molecule has 0 unspecified atom stereocenters. The summed E-state index contributed by atoms with van der Waals surface area (Å²) in [7, 11) is 0. The SMILES string of the molecule is Cc1ccc([C@@H]2CN(C(=O)OCc3ccccc3)CC[C@H]2C[B-](F)(F)F)cc1. The van der Waals surface area contributed by atoms with E-state index < -0.39 is 25.3 Å². The van der Waals surface area contributed by atoms with Crippen molar-refractivity contribution in [1.82, 2.24) is 4.90 Å². The lowest BCUT2D eigenvalue weighted by Gasteiger charge is -2.40. The molecule has 1 saturated heterocycles. The highest BCUT2D eigenvalue weighted by Gasteiger charge is 2.37. The molecule has 0 aliphatic carbocycles. The summed E-state index contributed by atoms with van der Waals surface area (Å²) in [6.45, 7) is -2.25. The molecule has 3 nitrogen and oxygen atoms in total. The van der Waals surface area contributed by atoms with Crippen molar-refractivity contribution in [2.75, 3.05) is 13.1 Å². The monoisotopic (exact) mass is 390 g/mol. The minimum absolute atomic E-state index is 0.153. The van der Waals surface area contributed by atoms with Crippen LogP contribution in [0.1, 0.15) is 29.0 Å². The number of likely N-dealkylation sites (tertiary alicyclic amines) is 1. The van der Waals surface area contributed by atoms with Crippen molar-refractivity contribution in [3.05, 3.63) is 71.3 Å². The molecule has 28 heavy (non-hydrogen) atoms. The Hall–Kier alpha value is -2.44. The van der Waals surface area contributed by atoms with Crippen molar-refractivity contribution in [3.63, 3.8) is 0 Å². The van der Waals surface area contributed by atoms with Crippen LogP contribution < -0.4 is 0 Å². The van der Waals surface area contributed by atoms with Gasteiger partial charge < -0.3 is 22.6 Å². The molecule has 0 aromatic heterocycles. The van der Waals surface area contributed by atoms with Crippen LogP contribution in [0.3, 0.4) is 0 Å². The van der Waals surface area contributed by atoms with Crippen LogP contribution in [0, 0.1) is 12.8 Å². The zero-order chi connectivity index (χ0) is 20.1. The molecule has 3 rings (SSSR count). The molecule has 7 heteroatoms. The Kier molecular flexibility index (Phi) is 6.32. The van der Waals surface area contributed by atoms with Crippen LogP contribution in [-0.2, 0) is 11.3 Å². The summed E-state index contributed by atoms with van der Waals surface area (Å²) in [5, 5.41) is 0. The van der Waals surface area contributed by atoms with Crippen LogP contribution in [0.4, 0.5) is 17.7 Å². The third kappa shape index (κ3) is 5.53. The van der Waals surface area contributed by atoms with Gasteiger partial charge in [-0.1, -0.05) is 72.4 Å². The molecule has 1 fully saturated rings. The maximum Gasteiger partial charge on any atom is 0.478 e. The molecule has 0 radical (unpaired) electrons. The topological polar surface area (TPSA) is 29.5 Å². The maximum absolute atomic E-state index is 13.1. The predicted molar refractivity (Wildman–Crippen MR) is 104 cm³/mol. The summed E-state index contributed by atoms with van der Waals surface area (Å²) in [4.78, 5) is 14.0. The van der Waals surface area contributed by atoms with Crippen LogP contribution in [0.25, 0.3) is 0 Å². The minimum Gasteiger partial charge on any atom is -0.449 e. The van der Waals surface area contributed by atoms with E-state index in [9.17, 15) is 17.7 Å². The zero-order valence-electron chi connectivity index (χ0n) is 15.9. The Labute approximate surface area is 163 Å². The van der Waals surface area contributed by atoms with Gasteiger partial charge in [0.25, 0.3) is 0 Å². The van der Waals surface area contributed by atoms with Crippen LogP contribution in [-0.4, -0.2) is 31.1 Å². The predicted octanol–water partition coefficient (Wildman–Crippen LogP) is 5.58. The van der Waals surface area contributed by atoms with Crippen LogP contribution in [0.2, 0.25) is 6.32 Å². The van der Waals surface area contributed by atoms with E-state index in [0.29, 0.717) is 6.42 Å². The zero-order valence-corrected chi connectivity index (χ0v) is 15.9. The molecule has 0 saturated carbocycles. The normalized spacial score (nSPS) is 20.1. The molecule has 1 aliphatic heterocycles. The summed E-state index contributed by atoms with van der Waals surface area (Å²) in [5.74, 6) is -0.858. The highest BCUT2D eigenvalue weighted by molar-refractivity contribution is 6.58. The van der Waals surface area contributed by atoms with Crippen molar-refractivity contribution >= 4 is 13.1 Å². The number of carbonyl (C=O) groups is 1. The van der Waals surface area contributed by atoms with E-state index in [1.807, 2.05) is 61.5 Å². The number of halogens is 3. The number of rotatable bonds is 5. The third-order valence-corrected chi connectivity index (χ3v) is 5.29. The van der Waals surface area contributed by atoms with Gasteiger partial charge in [0.05, 0.1) is 0 Å². The van der Waals surface area contributed by atoms with E-state index in [0.717, 1.165) is 16.7 Å². The van der Waals surface area contributed by atoms with Gasteiger partial charge in [0, 0.05) is 19.0 Å². The summed E-state index contributed by atoms with van der Waals surface area (Å²) in [6, 6.07) is 16.9. The van der Waals surface area contributed by atoms with Crippen LogP contribution in [0.5, 0.6) is 0 Å². The second-order valence-corrected chi connectivity index (χ2v) is 7.50. The lowest BCUT2D eigenvalue weighted by atomic mass is 9.68. The Morgan fingerprint density at radius 1 is 1.11 bits per heavy atom. The number of amides is 1. The molecule has 0 spiro atoms. The van der Waals surface area contributed by atoms with E-state index in [-0.39, 0.29) is 25.6 Å². The highest BCUT2D eigenvalue weighted by Crippen LogP contribution is 2.39. The van der Waals surface area contributed by atoms with Gasteiger partial charge in [-0.25, -0.2) is 4.79 Å². The number of benzene rings is 2. The summed E-state index contributed by atoms with van der Waals surface area (Å²) in [5.41, 5.74) is 2.77. The number of carbonyl (C=O) groups excluding carboxylic acids is 1. The fourth-order valence-corrected chi connectivity index (χ4v) is 3.79. The Morgan fingerprint density at radius 2 is 1.79 bits per heavy atom. The Balaban J connectivity index is 1.69. The number of piperidine rings is 1. The van der Waals surface area contributed by atoms with E-state index >= 15 is 0 Å². The van der Waals surface area contributed by atoms with Gasteiger partial charge in [-0.3, -0.25) is 0 Å². The van der Waals surface area contributed by atoms with Gasteiger partial charge in [-0.15, -0.1) is 0 Å². The van der Waals surface area contributed by atoms with Gasteiger partial charge in [-0.2, -0.15) is 0 Å². The van der Waals surface area contributed by atoms with Crippen LogP contribution in [0.15, 0.2) is 54.6 Å². The van der Waals surface area contributed by atoms with Gasteiger partial charge in [-0.05, 0) is 24.5 Å². The molecular weight excluding hydrogens is 366 g/mol. The molecule has 2 atom stereocenters. The molecule has 2 aromatic rings. The Morgan fingerprint density at radius 3 is 2.43 bits per heavy atom. The number of hydrogen-bond acceptors (Lipinski definition) is 2. The van der Waals surface area contributed by atoms with Gasteiger partial charge in [0.2, 0.25) is 0 Å². The maximum atomic E-state index is 13.1. The van der Waals surface area contributed by atoms with Gasteiger partial charge in [0.15, 0.2) is 0 Å². The van der Waals surface area contributed by atoms with E-state index in [1.54, 1.807) is 0 Å². The fraction of sp³-hybridized carbons (Fsp3) is 0.381. The first-order valence-electron chi connectivity index (χ1n) is 9.55. The second kappa shape index (κ2) is 8.71. The molecule has 1 amide bonds. The fourth-order valence-electron chi connectivity index (χ4n) is 3.79. The van der Waals surface area contributed by atoms with Crippen molar-refractivity contribution in [2.24, 2.45) is 5.92 Å². The van der Waals surface area contributed by atoms with E-state index in [1.165, 1.54) is 4.90 Å². The average molecular weight is 390 g/mol. The quantitative estimate of drug-likeness (QED) is 0.624. The van der Waals surface area contributed by atoms with Crippen molar-refractivity contribution in [3.8, 4) is 0 Å². The van der Waals surface area contributed by atoms with Crippen molar-refractivity contribution in [1.29, 1.82) is 0 Å². The lowest BCUT2D eigenvalue weighted by Crippen LogP contribution is -2.44. The Bertz CT molecular complexity index is 780. The first kappa shape index (κ1) is 20.3.